The lowest BCUT2D eigenvalue weighted by Gasteiger charge is -2.34. The molecule has 39 heavy (non-hydrogen) atoms. The molecule has 0 aliphatic carbocycles. The molecule has 0 unspecified atom stereocenters. The summed E-state index contributed by atoms with van der Waals surface area (Å²) in [5.74, 6) is -0.0422. The van der Waals surface area contributed by atoms with E-state index in [1.165, 1.54) is 9.13 Å². The van der Waals surface area contributed by atoms with Crippen LogP contribution in [0, 0.1) is 0 Å². The summed E-state index contributed by atoms with van der Waals surface area (Å²) < 4.78 is 2.99. The predicted octanol–water partition coefficient (Wildman–Crippen LogP) is 2.18. The van der Waals surface area contributed by atoms with Gasteiger partial charge in [-0.05, 0) is 69.7 Å². The van der Waals surface area contributed by atoms with Gasteiger partial charge in [-0.15, -0.1) is 0 Å². The maximum absolute atomic E-state index is 13.8. The monoisotopic (exact) mass is 529 g/mol. The van der Waals surface area contributed by atoms with E-state index < -0.39 is 0 Å². The average molecular weight is 530 g/mol. The van der Waals surface area contributed by atoms with E-state index >= 15 is 0 Å². The number of aryl methyl sites for hydroxylation is 1. The third-order valence-corrected chi connectivity index (χ3v) is 7.06. The highest BCUT2D eigenvalue weighted by Gasteiger charge is 2.32. The van der Waals surface area contributed by atoms with Crippen molar-refractivity contribution in [2.24, 2.45) is 7.05 Å². The Bertz CT molecular complexity index is 1710. The van der Waals surface area contributed by atoms with Crippen molar-refractivity contribution in [1.29, 1.82) is 0 Å². The van der Waals surface area contributed by atoms with Crippen LogP contribution in [0.3, 0.4) is 0 Å². The predicted molar refractivity (Wildman–Crippen MR) is 149 cm³/mol. The van der Waals surface area contributed by atoms with Crippen molar-refractivity contribution in [3.63, 3.8) is 0 Å². The fraction of sp³-hybridized carbons (Fsp3) is 0.321. The number of carbonyl (C=O) groups is 2. The lowest BCUT2D eigenvalue weighted by atomic mass is 9.98. The molecule has 0 saturated carbocycles. The largest absolute Gasteiger partial charge is 0.355 e. The standard InChI is InChI=1S/C28H31N7O4/c1-15(2)30-27-31-22-14-34(25(37)18-8-11-21-23(13-18)33(5)28(39)32-21)16(3)12-20(22)26(38)35(27)19-9-6-17(7-10-19)24(36)29-4/h6-11,13,15-16H,12,14H2,1-5H3,(H,29,36)(H,30,31)(H,32,39)/t16-/m1/s1. The third kappa shape index (κ3) is 4.60. The Labute approximate surface area is 224 Å². The van der Waals surface area contributed by atoms with Crippen molar-refractivity contribution in [2.45, 2.75) is 45.8 Å². The molecule has 0 fully saturated rings. The average Bonchev–Trinajstić information content (AvgIpc) is 3.20. The van der Waals surface area contributed by atoms with Gasteiger partial charge in [0.1, 0.15) is 0 Å². The molecule has 11 nitrogen and oxygen atoms in total. The summed E-state index contributed by atoms with van der Waals surface area (Å²) in [6.07, 6.45) is 0.343. The third-order valence-electron chi connectivity index (χ3n) is 7.06. The van der Waals surface area contributed by atoms with E-state index in [0.29, 0.717) is 51.5 Å². The maximum atomic E-state index is 13.8. The molecule has 1 aliphatic rings. The second kappa shape index (κ2) is 9.90. The van der Waals surface area contributed by atoms with Crippen molar-refractivity contribution in [2.75, 3.05) is 12.4 Å². The number of benzene rings is 2. The fourth-order valence-corrected chi connectivity index (χ4v) is 4.95. The van der Waals surface area contributed by atoms with Gasteiger partial charge in [0.15, 0.2) is 0 Å². The van der Waals surface area contributed by atoms with E-state index in [1.54, 1.807) is 61.5 Å². The molecule has 202 valence electrons. The molecule has 0 saturated heterocycles. The first-order chi connectivity index (χ1) is 18.6. The number of aromatic nitrogens is 4. The first-order valence-electron chi connectivity index (χ1n) is 12.8. The number of rotatable bonds is 5. The summed E-state index contributed by atoms with van der Waals surface area (Å²) in [6, 6.07) is 11.6. The van der Waals surface area contributed by atoms with Gasteiger partial charge in [-0.2, -0.15) is 0 Å². The normalized spacial score (nSPS) is 14.9. The van der Waals surface area contributed by atoms with Gasteiger partial charge in [-0.25, -0.2) is 14.3 Å². The van der Waals surface area contributed by atoms with Crippen LogP contribution < -0.4 is 21.9 Å². The number of fused-ring (bicyclic) bond motifs is 2. The number of anilines is 1. The topological polar surface area (TPSA) is 134 Å². The van der Waals surface area contributed by atoms with Crippen LogP contribution in [0.4, 0.5) is 5.95 Å². The zero-order valence-corrected chi connectivity index (χ0v) is 22.5. The SMILES string of the molecule is CNC(=O)c1ccc(-n2c(NC(C)C)nc3c(c2=O)C[C@@H](C)N(C(=O)c2ccc4[nH]c(=O)n(C)c4c2)C3)cc1. The number of aromatic amines is 1. The van der Waals surface area contributed by atoms with Crippen LogP contribution in [0.1, 0.15) is 52.7 Å². The zero-order chi connectivity index (χ0) is 28.0. The lowest BCUT2D eigenvalue weighted by Crippen LogP contribution is -2.46. The van der Waals surface area contributed by atoms with Crippen LogP contribution in [0.2, 0.25) is 0 Å². The molecule has 3 N–H and O–H groups in total. The van der Waals surface area contributed by atoms with Gasteiger partial charge < -0.3 is 20.5 Å². The molecule has 1 aliphatic heterocycles. The second-order valence-corrected chi connectivity index (χ2v) is 10.1. The summed E-state index contributed by atoms with van der Waals surface area (Å²) in [4.78, 5) is 60.7. The highest BCUT2D eigenvalue weighted by atomic mass is 16.2. The van der Waals surface area contributed by atoms with Gasteiger partial charge in [0.2, 0.25) is 5.95 Å². The van der Waals surface area contributed by atoms with Gasteiger partial charge in [-0.3, -0.25) is 19.0 Å². The summed E-state index contributed by atoms with van der Waals surface area (Å²) >= 11 is 0. The molecule has 4 aromatic rings. The van der Waals surface area contributed by atoms with Crippen LogP contribution >= 0.6 is 0 Å². The van der Waals surface area contributed by atoms with Crippen molar-refractivity contribution < 1.29 is 9.59 Å². The molecule has 2 amide bonds. The van der Waals surface area contributed by atoms with Crippen molar-refractivity contribution in [3.05, 3.63) is 85.7 Å². The minimum atomic E-state index is -0.252. The van der Waals surface area contributed by atoms with E-state index in [2.05, 4.69) is 15.6 Å². The van der Waals surface area contributed by atoms with E-state index in [4.69, 9.17) is 4.98 Å². The van der Waals surface area contributed by atoms with Crippen molar-refractivity contribution >= 4 is 28.8 Å². The first kappa shape index (κ1) is 26.0. The molecule has 11 heteroatoms. The smallest absolute Gasteiger partial charge is 0.326 e. The highest BCUT2D eigenvalue weighted by Crippen LogP contribution is 2.25. The summed E-state index contributed by atoms with van der Waals surface area (Å²) in [7, 11) is 3.22. The number of imidazole rings is 1. The van der Waals surface area contributed by atoms with E-state index in [1.807, 2.05) is 20.8 Å². The Morgan fingerprint density at radius 2 is 1.77 bits per heavy atom. The zero-order valence-electron chi connectivity index (χ0n) is 22.5. The molecular weight excluding hydrogens is 498 g/mol. The van der Waals surface area contributed by atoms with E-state index in [0.717, 1.165) is 0 Å². The van der Waals surface area contributed by atoms with E-state index in [-0.39, 0.29) is 41.7 Å². The quantitative estimate of drug-likeness (QED) is 0.363. The molecule has 2 aromatic carbocycles. The van der Waals surface area contributed by atoms with Gasteiger partial charge in [0.05, 0.1) is 29.0 Å². The molecule has 1 atom stereocenters. The first-order valence-corrected chi connectivity index (χ1v) is 12.8. The van der Waals surface area contributed by atoms with Crippen LogP contribution in [-0.4, -0.2) is 54.9 Å². The molecule has 2 aromatic heterocycles. The fourth-order valence-electron chi connectivity index (χ4n) is 4.95. The molecule has 0 radical (unpaired) electrons. The number of amides is 2. The molecule has 0 bridgehead atoms. The molecule has 3 heterocycles. The van der Waals surface area contributed by atoms with Crippen LogP contribution in [0.5, 0.6) is 0 Å². The maximum Gasteiger partial charge on any atom is 0.326 e. The van der Waals surface area contributed by atoms with Crippen molar-refractivity contribution in [3.8, 4) is 5.69 Å². The Morgan fingerprint density at radius 3 is 2.44 bits per heavy atom. The van der Waals surface area contributed by atoms with Gasteiger partial charge in [-0.1, -0.05) is 0 Å². The Hall–Kier alpha value is -4.67. The Balaban J connectivity index is 1.54. The lowest BCUT2D eigenvalue weighted by molar-refractivity contribution is 0.0653. The Kier molecular flexibility index (Phi) is 6.59. The molecular formula is C28H31N7O4. The number of carbonyl (C=O) groups excluding carboxylic acids is 2. The van der Waals surface area contributed by atoms with Crippen molar-refractivity contribution in [1.82, 2.24) is 29.3 Å². The summed E-state index contributed by atoms with van der Waals surface area (Å²) in [6.45, 7) is 5.99. The Morgan fingerprint density at radius 1 is 1.08 bits per heavy atom. The summed E-state index contributed by atoms with van der Waals surface area (Å²) in [5.41, 5.74) is 3.47. The number of nitrogens with one attached hydrogen (secondary N) is 3. The highest BCUT2D eigenvalue weighted by molar-refractivity contribution is 5.97. The molecule has 5 rings (SSSR count). The van der Waals surface area contributed by atoms with Crippen LogP contribution in [0.25, 0.3) is 16.7 Å². The minimum absolute atomic E-state index is 0.00804. The number of hydrogen-bond acceptors (Lipinski definition) is 6. The number of nitrogens with zero attached hydrogens (tertiary/aromatic N) is 4. The summed E-state index contributed by atoms with van der Waals surface area (Å²) in [5, 5.41) is 5.85. The van der Waals surface area contributed by atoms with Crippen LogP contribution in [-0.2, 0) is 20.0 Å². The number of H-pyrrole nitrogens is 1. The van der Waals surface area contributed by atoms with Gasteiger partial charge in [0, 0.05) is 42.9 Å². The minimum Gasteiger partial charge on any atom is -0.355 e. The second-order valence-electron chi connectivity index (χ2n) is 10.1. The van der Waals surface area contributed by atoms with Gasteiger partial charge in [0.25, 0.3) is 17.4 Å². The van der Waals surface area contributed by atoms with E-state index in [9.17, 15) is 19.2 Å². The van der Waals surface area contributed by atoms with Gasteiger partial charge >= 0.3 is 5.69 Å². The molecule has 0 spiro atoms. The number of hydrogen-bond donors (Lipinski definition) is 3. The van der Waals surface area contributed by atoms with Crippen LogP contribution in [0.15, 0.2) is 52.1 Å².